The van der Waals surface area contributed by atoms with E-state index in [0.29, 0.717) is 11.4 Å². The van der Waals surface area contributed by atoms with Gasteiger partial charge in [0.1, 0.15) is 5.82 Å². The number of rotatable bonds is 8. The Bertz CT molecular complexity index is 465. The second-order valence-corrected chi connectivity index (χ2v) is 5.10. The van der Waals surface area contributed by atoms with Gasteiger partial charge in [0.15, 0.2) is 0 Å². The van der Waals surface area contributed by atoms with Crippen LogP contribution in [0.3, 0.4) is 0 Å². The second kappa shape index (κ2) is 8.59. The van der Waals surface area contributed by atoms with Crippen LogP contribution in [-0.4, -0.2) is 60.9 Å². The molecule has 0 aliphatic rings. The first-order valence-electron chi connectivity index (χ1n) is 7.13. The highest BCUT2D eigenvalue weighted by Crippen LogP contribution is 2.12. The number of hydrogen-bond donors (Lipinski definition) is 2. The Kier molecular flexibility index (Phi) is 7.11. The maximum atomic E-state index is 12.4. The van der Waals surface area contributed by atoms with Crippen LogP contribution in [0.5, 0.6) is 0 Å². The number of likely N-dealkylation sites (N-methyl/N-ethyl adjacent to an activating group) is 1. The first-order valence-corrected chi connectivity index (χ1v) is 7.13. The van der Waals surface area contributed by atoms with E-state index in [1.165, 1.54) is 12.0 Å². The Morgan fingerprint density at radius 1 is 1.52 bits per heavy atom. The van der Waals surface area contributed by atoms with Crippen molar-refractivity contribution in [1.29, 1.82) is 0 Å². The van der Waals surface area contributed by atoms with Crippen LogP contribution in [0.15, 0.2) is 12.1 Å². The minimum absolute atomic E-state index is 0.143. The molecule has 0 aliphatic carbocycles. The maximum absolute atomic E-state index is 12.4. The predicted molar refractivity (Wildman–Crippen MR) is 82.6 cm³/mol. The van der Waals surface area contributed by atoms with E-state index < -0.39 is 6.10 Å². The molecular weight excluding hydrogens is 270 g/mol. The molecule has 0 saturated heterocycles. The van der Waals surface area contributed by atoms with E-state index in [4.69, 9.17) is 4.74 Å². The van der Waals surface area contributed by atoms with E-state index in [-0.39, 0.29) is 19.1 Å². The molecule has 1 aromatic heterocycles. The predicted octanol–water partition coefficient (Wildman–Crippen LogP) is 1.29. The van der Waals surface area contributed by atoms with Crippen molar-refractivity contribution in [2.45, 2.75) is 26.4 Å². The van der Waals surface area contributed by atoms with Gasteiger partial charge in [-0.05, 0) is 25.5 Å². The third-order valence-corrected chi connectivity index (χ3v) is 2.95. The van der Waals surface area contributed by atoms with Crippen LogP contribution in [0, 0.1) is 6.92 Å². The van der Waals surface area contributed by atoms with Crippen molar-refractivity contribution in [1.82, 2.24) is 9.88 Å². The van der Waals surface area contributed by atoms with Crippen molar-refractivity contribution in [3.63, 3.8) is 0 Å². The number of ether oxygens (including phenoxy) is 1. The number of aliphatic hydroxyl groups excluding tert-OH is 1. The molecule has 2 N–H and O–H groups in total. The lowest BCUT2D eigenvalue weighted by molar-refractivity contribution is 0.0380. The lowest BCUT2D eigenvalue weighted by atomic mass is 10.2. The van der Waals surface area contributed by atoms with E-state index in [1.807, 2.05) is 6.92 Å². The number of aromatic nitrogens is 1. The molecule has 1 amide bonds. The molecular formula is C15H25N3O3. The monoisotopic (exact) mass is 295 g/mol. The van der Waals surface area contributed by atoms with E-state index in [1.54, 1.807) is 19.2 Å². The summed E-state index contributed by atoms with van der Waals surface area (Å²) in [5.74, 6) is 0.557. The van der Waals surface area contributed by atoms with Crippen molar-refractivity contribution in [3.8, 4) is 0 Å². The summed E-state index contributed by atoms with van der Waals surface area (Å²) in [5.41, 5.74) is 1.35. The Labute approximate surface area is 126 Å². The summed E-state index contributed by atoms with van der Waals surface area (Å²) in [6.07, 6.45) is 0.298. The van der Waals surface area contributed by atoms with Gasteiger partial charge in [0.25, 0.3) is 5.91 Å². The largest absolute Gasteiger partial charge is 0.389 e. The van der Waals surface area contributed by atoms with Gasteiger partial charge in [-0.1, -0.05) is 6.92 Å². The standard InChI is InChI=1S/C15H25N3O3/c1-5-6-16-14-8-12(7-11(2)17-14)15(20)18(3)9-13(19)10-21-4/h7-8,13,19H,5-6,9-10H2,1-4H3,(H,16,17). The maximum Gasteiger partial charge on any atom is 0.253 e. The van der Waals surface area contributed by atoms with Crippen LogP contribution < -0.4 is 5.32 Å². The Balaban J connectivity index is 2.78. The fraction of sp³-hybridized carbons (Fsp3) is 0.600. The van der Waals surface area contributed by atoms with Gasteiger partial charge in [-0.3, -0.25) is 4.79 Å². The number of carbonyl (C=O) groups is 1. The van der Waals surface area contributed by atoms with E-state index in [2.05, 4.69) is 17.2 Å². The van der Waals surface area contributed by atoms with Crippen LogP contribution >= 0.6 is 0 Å². The molecule has 21 heavy (non-hydrogen) atoms. The molecule has 0 radical (unpaired) electrons. The van der Waals surface area contributed by atoms with Gasteiger partial charge in [-0.2, -0.15) is 0 Å². The van der Waals surface area contributed by atoms with Gasteiger partial charge in [-0.15, -0.1) is 0 Å². The van der Waals surface area contributed by atoms with Crippen LogP contribution in [0.4, 0.5) is 5.82 Å². The number of carbonyl (C=O) groups excluding carboxylic acids is 1. The molecule has 0 aliphatic heterocycles. The normalized spacial score (nSPS) is 12.0. The summed E-state index contributed by atoms with van der Waals surface area (Å²) in [7, 11) is 3.18. The topological polar surface area (TPSA) is 74.7 Å². The molecule has 0 fully saturated rings. The van der Waals surface area contributed by atoms with Gasteiger partial charge < -0.3 is 20.1 Å². The second-order valence-electron chi connectivity index (χ2n) is 5.10. The number of methoxy groups -OCH3 is 1. The minimum Gasteiger partial charge on any atom is -0.389 e. The third kappa shape index (κ3) is 5.69. The van der Waals surface area contributed by atoms with E-state index >= 15 is 0 Å². The van der Waals surface area contributed by atoms with Crippen LogP contribution in [0.25, 0.3) is 0 Å². The van der Waals surface area contributed by atoms with Crippen LogP contribution in [0.1, 0.15) is 29.4 Å². The van der Waals surface area contributed by atoms with Gasteiger partial charge >= 0.3 is 0 Å². The zero-order valence-electron chi connectivity index (χ0n) is 13.2. The fourth-order valence-corrected chi connectivity index (χ4v) is 2.00. The summed E-state index contributed by atoms with van der Waals surface area (Å²) in [5, 5.41) is 12.9. The molecule has 1 aromatic rings. The first kappa shape index (κ1) is 17.4. The lowest BCUT2D eigenvalue weighted by Crippen LogP contribution is -2.36. The Hall–Kier alpha value is -1.66. The summed E-state index contributed by atoms with van der Waals surface area (Å²) in [4.78, 5) is 18.2. The van der Waals surface area contributed by atoms with Crippen molar-refractivity contribution in [2.75, 3.05) is 39.2 Å². The molecule has 1 rings (SSSR count). The number of hydrogen-bond acceptors (Lipinski definition) is 5. The Morgan fingerprint density at radius 3 is 2.86 bits per heavy atom. The number of nitrogens with one attached hydrogen (secondary N) is 1. The highest BCUT2D eigenvalue weighted by atomic mass is 16.5. The molecule has 6 heteroatoms. The zero-order chi connectivity index (χ0) is 15.8. The Morgan fingerprint density at radius 2 is 2.24 bits per heavy atom. The molecule has 0 aromatic carbocycles. The highest BCUT2D eigenvalue weighted by Gasteiger charge is 2.16. The third-order valence-electron chi connectivity index (χ3n) is 2.95. The molecule has 0 spiro atoms. The summed E-state index contributed by atoms with van der Waals surface area (Å²) in [6.45, 7) is 5.17. The number of aryl methyl sites for hydroxylation is 1. The number of amides is 1. The zero-order valence-corrected chi connectivity index (χ0v) is 13.2. The lowest BCUT2D eigenvalue weighted by Gasteiger charge is -2.21. The highest BCUT2D eigenvalue weighted by molar-refractivity contribution is 5.94. The van der Waals surface area contributed by atoms with Crippen molar-refractivity contribution < 1.29 is 14.6 Å². The molecule has 1 heterocycles. The molecule has 118 valence electrons. The van der Waals surface area contributed by atoms with Crippen LogP contribution in [-0.2, 0) is 4.74 Å². The van der Waals surface area contributed by atoms with Gasteiger partial charge in [-0.25, -0.2) is 4.98 Å². The first-order chi connectivity index (χ1) is 9.97. The van der Waals surface area contributed by atoms with E-state index in [9.17, 15) is 9.90 Å². The van der Waals surface area contributed by atoms with Gasteiger partial charge in [0.2, 0.25) is 0 Å². The number of nitrogens with zero attached hydrogens (tertiary/aromatic N) is 2. The fourth-order valence-electron chi connectivity index (χ4n) is 2.00. The van der Waals surface area contributed by atoms with Crippen LogP contribution in [0.2, 0.25) is 0 Å². The van der Waals surface area contributed by atoms with Gasteiger partial charge in [0.05, 0.1) is 12.7 Å². The molecule has 6 nitrogen and oxygen atoms in total. The molecule has 0 bridgehead atoms. The average Bonchev–Trinajstić information content (AvgIpc) is 2.43. The smallest absolute Gasteiger partial charge is 0.253 e. The van der Waals surface area contributed by atoms with E-state index in [0.717, 1.165) is 18.7 Å². The van der Waals surface area contributed by atoms with Gasteiger partial charge in [0, 0.05) is 38.5 Å². The SMILES string of the molecule is CCCNc1cc(C(=O)N(C)CC(O)COC)cc(C)n1. The summed E-state index contributed by atoms with van der Waals surface area (Å²) in [6, 6.07) is 3.49. The van der Waals surface area contributed by atoms with Crippen molar-refractivity contribution >= 4 is 11.7 Å². The minimum atomic E-state index is -0.690. The summed E-state index contributed by atoms with van der Waals surface area (Å²) < 4.78 is 4.86. The molecule has 1 unspecified atom stereocenters. The van der Waals surface area contributed by atoms with Crippen molar-refractivity contribution in [2.24, 2.45) is 0 Å². The number of pyridine rings is 1. The quantitative estimate of drug-likeness (QED) is 0.756. The number of anilines is 1. The average molecular weight is 295 g/mol. The summed E-state index contributed by atoms with van der Waals surface area (Å²) >= 11 is 0. The molecule has 1 atom stereocenters. The number of aliphatic hydroxyl groups is 1. The molecule has 0 saturated carbocycles. The van der Waals surface area contributed by atoms with Crippen molar-refractivity contribution in [3.05, 3.63) is 23.4 Å².